The van der Waals surface area contributed by atoms with Gasteiger partial charge >= 0.3 is 0 Å². The van der Waals surface area contributed by atoms with Crippen LogP contribution in [0.4, 0.5) is 0 Å². The summed E-state index contributed by atoms with van der Waals surface area (Å²) in [5, 5.41) is 12.7. The van der Waals surface area contributed by atoms with Crippen molar-refractivity contribution in [2.75, 3.05) is 0 Å². The van der Waals surface area contributed by atoms with Gasteiger partial charge in [0.05, 0.1) is 17.9 Å². The number of rotatable bonds is 3. The van der Waals surface area contributed by atoms with Crippen LogP contribution in [0, 0.1) is 0 Å². The highest BCUT2D eigenvalue weighted by Crippen LogP contribution is 2.43. The normalized spacial score (nSPS) is 27.2. The zero-order valence-corrected chi connectivity index (χ0v) is 16.5. The lowest BCUT2D eigenvalue weighted by atomic mass is 9.93. The lowest BCUT2D eigenvalue weighted by molar-refractivity contribution is 0.183. The fourth-order valence-corrected chi connectivity index (χ4v) is 6.04. The van der Waals surface area contributed by atoms with Crippen LogP contribution in [0.15, 0.2) is 23.5 Å². The van der Waals surface area contributed by atoms with Crippen molar-refractivity contribution in [1.82, 2.24) is 29.1 Å². The minimum Gasteiger partial charge on any atom is -0.274 e. The molecule has 0 radical (unpaired) electrons. The Balaban J connectivity index is 1.57. The minimum atomic E-state index is -3.50. The van der Waals surface area contributed by atoms with Gasteiger partial charge in [-0.3, -0.25) is 4.68 Å². The van der Waals surface area contributed by atoms with Crippen LogP contribution in [0.2, 0.25) is 0 Å². The van der Waals surface area contributed by atoms with Crippen molar-refractivity contribution >= 4 is 10.0 Å². The Morgan fingerprint density at radius 3 is 2.23 bits per heavy atom. The van der Waals surface area contributed by atoms with Crippen LogP contribution in [0.5, 0.6) is 0 Å². The standard InChI is InChI=1S/C17H26N6O2S/c1-17(2,3)16-11-22(20-19-16)14-7-12-5-6-13(8-14)23(12)26(24,25)15-9-18-21(4)10-15/h9-14H,5-8H2,1-4H3. The quantitative estimate of drug-likeness (QED) is 0.814. The van der Waals surface area contributed by atoms with Crippen molar-refractivity contribution in [3.05, 3.63) is 24.3 Å². The number of piperidine rings is 1. The molecule has 4 heterocycles. The van der Waals surface area contributed by atoms with E-state index in [0.29, 0.717) is 0 Å². The van der Waals surface area contributed by atoms with Crippen LogP contribution in [0.1, 0.15) is 58.2 Å². The van der Waals surface area contributed by atoms with Crippen molar-refractivity contribution in [2.45, 2.75) is 74.9 Å². The Bertz CT molecular complexity index is 896. The first-order chi connectivity index (χ1) is 12.2. The van der Waals surface area contributed by atoms with Crippen molar-refractivity contribution in [2.24, 2.45) is 7.05 Å². The van der Waals surface area contributed by atoms with Crippen LogP contribution in [0.25, 0.3) is 0 Å². The second-order valence-corrected chi connectivity index (χ2v) is 10.4. The maximum absolute atomic E-state index is 13.1. The molecule has 2 atom stereocenters. The highest BCUT2D eigenvalue weighted by atomic mass is 32.2. The van der Waals surface area contributed by atoms with E-state index in [4.69, 9.17) is 0 Å². The molecule has 2 aliphatic rings. The summed E-state index contributed by atoms with van der Waals surface area (Å²) in [5.41, 5.74) is 0.928. The van der Waals surface area contributed by atoms with Crippen LogP contribution < -0.4 is 0 Å². The Morgan fingerprint density at radius 2 is 1.73 bits per heavy atom. The second kappa shape index (κ2) is 5.88. The first-order valence-corrected chi connectivity index (χ1v) is 10.5. The van der Waals surface area contributed by atoms with Gasteiger partial charge in [0.1, 0.15) is 4.90 Å². The van der Waals surface area contributed by atoms with Crippen molar-refractivity contribution in [3.63, 3.8) is 0 Å². The van der Waals surface area contributed by atoms with E-state index in [2.05, 4.69) is 36.2 Å². The SMILES string of the molecule is Cn1cc(S(=O)(=O)N2C3CCC2CC(n2cc(C(C)(C)C)nn2)C3)cn1. The maximum atomic E-state index is 13.1. The van der Waals surface area contributed by atoms with E-state index in [1.165, 1.54) is 10.9 Å². The fourth-order valence-electron chi connectivity index (χ4n) is 4.17. The summed E-state index contributed by atoms with van der Waals surface area (Å²) in [7, 11) is -1.76. The number of nitrogens with zero attached hydrogens (tertiary/aromatic N) is 6. The molecule has 2 saturated heterocycles. The molecule has 0 aliphatic carbocycles. The van der Waals surface area contributed by atoms with E-state index in [0.717, 1.165) is 31.4 Å². The van der Waals surface area contributed by atoms with Crippen LogP contribution in [0.3, 0.4) is 0 Å². The number of sulfonamides is 1. The summed E-state index contributed by atoms with van der Waals surface area (Å²) in [6.07, 6.45) is 8.41. The van der Waals surface area contributed by atoms with Crippen molar-refractivity contribution in [3.8, 4) is 0 Å². The zero-order valence-electron chi connectivity index (χ0n) is 15.7. The lowest BCUT2D eigenvalue weighted by Crippen LogP contribution is -2.46. The molecule has 9 heteroatoms. The van der Waals surface area contributed by atoms with Gasteiger partial charge in [-0.2, -0.15) is 9.40 Å². The molecule has 0 spiro atoms. The van der Waals surface area contributed by atoms with Gasteiger partial charge in [-0.05, 0) is 25.7 Å². The molecule has 2 unspecified atom stereocenters. The summed E-state index contributed by atoms with van der Waals surface area (Å²) >= 11 is 0. The molecule has 142 valence electrons. The molecule has 26 heavy (non-hydrogen) atoms. The average molecular weight is 379 g/mol. The number of hydrogen-bond acceptors (Lipinski definition) is 5. The van der Waals surface area contributed by atoms with E-state index in [1.807, 2.05) is 10.9 Å². The van der Waals surface area contributed by atoms with Gasteiger partial charge in [-0.15, -0.1) is 5.10 Å². The molecule has 4 rings (SSSR count). The van der Waals surface area contributed by atoms with Crippen molar-refractivity contribution in [1.29, 1.82) is 0 Å². The molecule has 0 amide bonds. The van der Waals surface area contributed by atoms with Crippen LogP contribution >= 0.6 is 0 Å². The minimum absolute atomic E-state index is 0.0197. The van der Waals surface area contributed by atoms with E-state index in [9.17, 15) is 8.42 Å². The third-order valence-corrected chi connectivity index (χ3v) is 7.51. The largest absolute Gasteiger partial charge is 0.274 e. The predicted octanol–water partition coefficient (Wildman–Crippen LogP) is 1.87. The van der Waals surface area contributed by atoms with Crippen LogP contribution in [-0.2, 0) is 22.5 Å². The Kier molecular flexibility index (Phi) is 4.00. The summed E-state index contributed by atoms with van der Waals surface area (Å²) in [6, 6.07) is 0.244. The van der Waals surface area contributed by atoms with Crippen LogP contribution in [-0.4, -0.2) is 49.6 Å². The van der Waals surface area contributed by atoms with Gasteiger partial charge in [0, 0.05) is 36.9 Å². The lowest BCUT2D eigenvalue weighted by Gasteiger charge is -2.37. The Hall–Kier alpha value is -1.74. The molecule has 2 aromatic rings. The molecule has 2 fully saturated rings. The molecule has 0 saturated carbocycles. The molecule has 0 aromatic carbocycles. The number of aromatic nitrogens is 5. The maximum Gasteiger partial charge on any atom is 0.246 e. The molecule has 0 N–H and O–H groups in total. The molecule has 2 bridgehead atoms. The molecule has 8 nitrogen and oxygen atoms in total. The fraction of sp³-hybridized carbons (Fsp3) is 0.706. The number of fused-ring (bicyclic) bond motifs is 2. The Morgan fingerprint density at radius 1 is 1.08 bits per heavy atom. The monoisotopic (exact) mass is 378 g/mol. The van der Waals surface area contributed by atoms with E-state index in [-0.39, 0.29) is 28.4 Å². The highest BCUT2D eigenvalue weighted by molar-refractivity contribution is 7.89. The summed E-state index contributed by atoms with van der Waals surface area (Å²) in [4.78, 5) is 0.283. The van der Waals surface area contributed by atoms with Gasteiger partial charge in [0.2, 0.25) is 10.0 Å². The smallest absolute Gasteiger partial charge is 0.246 e. The zero-order chi connectivity index (χ0) is 18.7. The second-order valence-electron chi connectivity index (χ2n) is 8.53. The summed E-state index contributed by atoms with van der Waals surface area (Å²) in [5.74, 6) is 0. The average Bonchev–Trinajstić information content (AvgIpc) is 3.25. The van der Waals surface area contributed by atoms with Gasteiger partial charge in [0.15, 0.2) is 0 Å². The van der Waals surface area contributed by atoms with Gasteiger partial charge < -0.3 is 0 Å². The number of hydrogen-bond donors (Lipinski definition) is 0. The molecular formula is C17H26N6O2S. The number of aryl methyl sites for hydroxylation is 1. The molecule has 2 aliphatic heterocycles. The molecular weight excluding hydrogens is 352 g/mol. The summed E-state index contributed by atoms with van der Waals surface area (Å²) < 4.78 is 31.4. The third-order valence-electron chi connectivity index (χ3n) is 5.55. The first kappa shape index (κ1) is 17.7. The van der Waals surface area contributed by atoms with Crippen molar-refractivity contribution < 1.29 is 8.42 Å². The predicted molar refractivity (Wildman–Crippen MR) is 96.0 cm³/mol. The summed E-state index contributed by atoms with van der Waals surface area (Å²) in [6.45, 7) is 6.36. The highest BCUT2D eigenvalue weighted by Gasteiger charge is 2.48. The van der Waals surface area contributed by atoms with E-state index < -0.39 is 10.0 Å². The van der Waals surface area contributed by atoms with Gasteiger partial charge in [0.25, 0.3) is 0 Å². The Labute approximate surface area is 154 Å². The van der Waals surface area contributed by atoms with E-state index in [1.54, 1.807) is 17.5 Å². The van der Waals surface area contributed by atoms with E-state index >= 15 is 0 Å². The topological polar surface area (TPSA) is 85.9 Å². The first-order valence-electron chi connectivity index (χ1n) is 9.11. The molecule has 2 aromatic heterocycles. The third kappa shape index (κ3) is 2.87. The van der Waals surface area contributed by atoms with Gasteiger partial charge in [-0.25, -0.2) is 13.1 Å². The van der Waals surface area contributed by atoms with Gasteiger partial charge in [-0.1, -0.05) is 26.0 Å².